The zero-order chi connectivity index (χ0) is 10.1. The third-order valence-corrected chi connectivity index (χ3v) is 2.66. The average Bonchev–Trinajstić information content (AvgIpc) is 2.56. The van der Waals surface area contributed by atoms with Gasteiger partial charge in [-0.15, -0.1) is 0 Å². The van der Waals surface area contributed by atoms with Crippen molar-refractivity contribution < 1.29 is 4.79 Å². The summed E-state index contributed by atoms with van der Waals surface area (Å²) < 4.78 is 0.835. The second-order valence-corrected chi connectivity index (χ2v) is 4.12. The molecular formula is C9H10BrN3O. The molecule has 14 heavy (non-hydrogen) atoms. The minimum atomic E-state index is 0.122. The van der Waals surface area contributed by atoms with E-state index >= 15 is 0 Å². The van der Waals surface area contributed by atoms with E-state index < -0.39 is 0 Å². The molecule has 0 spiro atoms. The van der Waals surface area contributed by atoms with Crippen LogP contribution in [0.25, 0.3) is 0 Å². The molecule has 0 aliphatic carbocycles. The van der Waals surface area contributed by atoms with Gasteiger partial charge in [0, 0.05) is 23.6 Å². The molecule has 1 aliphatic heterocycles. The van der Waals surface area contributed by atoms with E-state index in [1.165, 1.54) is 0 Å². The van der Waals surface area contributed by atoms with Crippen LogP contribution in [0.4, 0.5) is 11.5 Å². The number of amides is 1. The summed E-state index contributed by atoms with van der Waals surface area (Å²) in [5.74, 6) is 0.528. The van der Waals surface area contributed by atoms with E-state index in [0.29, 0.717) is 17.9 Å². The summed E-state index contributed by atoms with van der Waals surface area (Å²) in [4.78, 5) is 17.1. The number of nitrogens with two attached hydrogens (primary N) is 1. The molecule has 74 valence electrons. The molecule has 0 aromatic carbocycles. The quantitative estimate of drug-likeness (QED) is 0.829. The first-order chi connectivity index (χ1) is 6.68. The van der Waals surface area contributed by atoms with E-state index in [4.69, 9.17) is 5.73 Å². The number of aromatic nitrogens is 1. The monoisotopic (exact) mass is 255 g/mol. The number of hydrogen-bond donors (Lipinski definition) is 1. The van der Waals surface area contributed by atoms with E-state index in [9.17, 15) is 4.79 Å². The Labute approximate surface area is 90.2 Å². The van der Waals surface area contributed by atoms with Crippen LogP contribution in [-0.2, 0) is 4.79 Å². The molecule has 0 saturated carbocycles. The molecule has 0 atom stereocenters. The molecule has 1 fully saturated rings. The third-order valence-electron chi connectivity index (χ3n) is 2.23. The lowest BCUT2D eigenvalue weighted by atomic mass is 10.3. The number of hydrogen-bond acceptors (Lipinski definition) is 3. The predicted molar refractivity (Wildman–Crippen MR) is 57.9 cm³/mol. The van der Waals surface area contributed by atoms with Gasteiger partial charge in [0.05, 0.1) is 5.69 Å². The Kier molecular flexibility index (Phi) is 2.41. The van der Waals surface area contributed by atoms with Crippen LogP contribution in [0.2, 0.25) is 0 Å². The van der Waals surface area contributed by atoms with Gasteiger partial charge in [0.2, 0.25) is 5.91 Å². The fourth-order valence-electron chi connectivity index (χ4n) is 1.56. The third kappa shape index (κ3) is 1.59. The molecule has 0 unspecified atom stereocenters. The molecule has 2 heterocycles. The van der Waals surface area contributed by atoms with Crippen molar-refractivity contribution >= 4 is 33.3 Å². The highest BCUT2D eigenvalue weighted by Gasteiger charge is 2.23. The number of anilines is 2. The van der Waals surface area contributed by atoms with Crippen molar-refractivity contribution in [3.05, 3.63) is 16.7 Å². The van der Waals surface area contributed by atoms with Gasteiger partial charge in [0.15, 0.2) is 0 Å². The maximum absolute atomic E-state index is 11.5. The average molecular weight is 256 g/mol. The Hall–Kier alpha value is -1.10. The van der Waals surface area contributed by atoms with E-state index in [1.807, 2.05) is 6.07 Å². The van der Waals surface area contributed by atoms with Crippen molar-refractivity contribution in [2.24, 2.45) is 0 Å². The van der Waals surface area contributed by atoms with Crippen molar-refractivity contribution in [2.75, 3.05) is 17.2 Å². The van der Waals surface area contributed by atoms with Crippen LogP contribution >= 0.6 is 15.9 Å². The van der Waals surface area contributed by atoms with E-state index in [-0.39, 0.29) is 5.91 Å². The van der Waals surface area contributed by atoms with Crippen LogP contribution in [0.3, 0.4) is 0 Å². The highest BCUT2D eigenvalue weighted by atomic mass is 79.9. The van der Waals surface area contributed by atoms with Gasteiger partial charge in [-0.2, -0.15) is 0 Å². The van der Waals surface area contributed by atoms with Gasteiger partial charge in [-0.3, -0.25) is 4.79 Å². The molecule has 2 N–H and O–H groups in total. The number of nitrogen functional groups attached to an aromatic ring is 1. The molecule has 2 rings (SSSR count). The summed E-state index contributed by atoms with van der Waals surface area (Å²) in [5.41, 5.74) is 6.42. The Morgan fingerprint density at radius 1 is 1.57 bits per heavy atom. The predicted octanol–water partition coefficient (Wildman–Crippen LogP) is 1.55. The van der Waals surface area contributed by atoms with Gasteiger partial charge in [-0.1, -0.05) is 0 Å². The maximum atomic E-state index is 11.5. The lowest BCUT2D eigenvalue weighted by Crippen LogP contribution is -2.25. The summed E-state index contributed by atoms with van der Waals surface area (Å²) in [7, 11) is 0. The number of carbonyl (C=O) groups excluding carboxylic acids is 1. The van der Waals surface area contributed by atoms with Crippen LogP contribution in [0.1, 0.15) is 12.8 Å². The van der Waals surface area contributed by atoms with Gasteiger partial charge in [-0.25, -0.2) is 4.98 Å². The Bertz CT molecular complexity index is 380. The number of carbonyl (C=O) groups is 1. The molecule has 1 saturated heterocycles. The summed E-state index contributed by atoms with van der Waals surface area (Å²) >= 11 is 3.31. The molecule has 0 bridgehead atoms. The van der Waals surface area contributed by atoms with Crippen LogP contribution in [-0.4, -0.2) is 17.4 Å². The SMILES string of the molecule is Nc1ncc(Br)cc1N1CCCC1=O. The molecule has 5 heteroatoms. The maximum Gasteiger partial charge on any atom is 0.227 e. The van der Waals surface area contributed by atoms with Crippen LogP contribution in [0, 0.1) is 0 Å². The topological polar surface area (TPSA) is 59.2 Å². The van der Waals surface area contributed by atoms with Crippen molar-refractivity contribution in [3.8, 4) is 0 Å². The first kappa shape index (κ1) is 9.45. The van der Waals surface area contributed by atoms with Crippen molar-refractivity contribution in [1.29, 1.82) is 0 Å². The van der Waals surface area contributed by atoms with Gasteiger partial charge >= 0.3 is 0 Å². The summed E-state index contributed by atoms with van der Waals surface area (Å²) in [6.45, 7) is 0.737. The van der Waals surface area contributed by atoms with Crippen molar-refractivity contribution in [1.82, 2.24) is 4.98 Å². The highest BCUT2D eigenvalue weighted by molar-refractivity contribution is 9.10. The Balaban J connectivity index is 2.39. The van der Waals surface area contributed by atoms with Gasteiger partial charge < -0.3 is 10.6 Å². The normalized spacial score (nSPS) is 16.4. The fraction of sp³-hybridized carbons (Fsp3) is 0.333. The number of pyridine rings is 1. The largest absolute Gasteiger partial charge is 0.382 e. The highest BCUT2D eigenvalue weighted by Crippen LogP contribution is 2.28. The lowest BCUT2D eigenvalue weighted by Gasteiger charge is -2.17. The molecule has 1 aromatic heterocycles. The van der Waals surface area contributed by atoms with Crippen LogP contribution in [0.5, 0.6) is 0 Å². The molecular weight excluding hydrogens is 246 g/mol. The molecule has 1 amide bonds. The number of nitrogens with zero attached hydrogens (tertiary/aromatic N) is 2. The van der Waals surface area contributed by atoms with Crippen molar-refractivity contribution in [2.45, 2.75) is 12.8 Å². The van der Waals surface area contributed by atoms with Gasteiger partial charge in [-0.05, 0) is 28.4 Å². The second-order valence-electron chi connectivity index (χ2n) is 3.21. The zero-order valence-electron chi connectivity index (χ0n) is 7.53. The summed E-state index contributed by atoms with van der Waals surface area (Å²) in [6, 6.07) is 1.82. The van der Waals surface area contributed by atoms with E-state index in [0.717, 1.165) is 17.4 Å². The van der Waals surface area contributed by atoms with E-state index in [2.05, 4.69) is 20.9 Å². The van der Waals surface area contributed by atoms with Gasteiger partial charge in [0.1, 0.15) is 5.82 Å². The van der Waals surface area contributed by atoms with Crippen molar-refractivity contribution in [3.63, 3.8) is 0 Å². The lowest BCUT2D eigenvalue weighted by molar-refractivity contribution is -0.117. The first-order valence-corrected chi connectivity index (χ1v) is 5.19. The van der Waals surface area contributed by atoms with E-state index in [1.54, 1.807) is 11.1 Å². The number of rotatable bonds is 1. The van der Waals surface area contributed by atoms with Crippen LogP contribution in [0.15, 0.2) is 16.7 Å². The smallest absolute Gasteiger partial charge is 0.227 e. The molecule has 1 aromatic rings. The first-order valence-electron chi connectivity index (χ1n) is 4.40. The summed E-state index contributed by atoms with van der Waals surface area (Å²) in [5, 5.41) is 0. The number of halogens is 1. The Morgan fingerprint density at radius 3 is 3.00 bits per heavy atom. The standard InChI is InChI=1S/C9H10BrN3O/c10-6-4-7(9(11)12-5-6)13-3-1-2-8(13)14/h4-5H,1-3H2,(H2,11,12). The van der Waals surface area contributed by atoms with Gasteiger partial charge in [0.25, 0.3) is 0 Å². The minimum absolute atomic E-state index is 0.122. The second kappa shape index (κ2) is 3.57. The Morgan fingerprint density at radius 2 is 2.36 bits per heavy atom. The zero-order valence-corrected chi connectivity index (χ0v) is 9.12. The summed E-state index contributed by atoms with van der Waals surface area (Å²) in [6.07, 6.45) is 3.12. The molecule has 0 radical (unpaired) electrons. The minimum Gasteiger partial charge on any atom is -0.382 e. The molecule has 1 aliphatic rings. The fourth-order valence-corrected chi connectivity index (χ4v) is 1.88. The molecule has 4 nitrogen and oxygen atoms in total. The van der Waals surface area contributed by atoms with Crippen LogP contribution < -0.4 is 10.6 Å².